The highest BCUT2D eigenvalue weighted by molar-refractivity contribution is 5.82. The molecule has 0 bridgehead atoms. The van der Waals surface area contributed by atoms with Gasteiger partial charge in [0.25, 0.3) is 0 Å². The normalized spacial score (nSPS) is 27.0. The molecule has 6 heteroatoms. The maximum Gasteiger partial charge on any atom is 0.311 e. The van der Waals surface area contributed by atoms with E-state index in [0.29, 0.717) is 13.0 Å². The van der Waals surface area contributed by atoms with Crippen molar-refractivity contribution in [3.8, 4) is 0 Å². The van der Waals surface area contributed by atoms with Crippen molar-refractivity contribution in [2.24, 2.45) is 11.3 Å². The minimum absolute atomic E-state index is 0.00596. The Morgan fingerprint density at radius 1 is 1.36 bits per heavy atom. The molecule has 1 amide bonds. The predicted molar refractivity (Wildman–Crippen MR) is 74.1 cm³/mol. The molecule has 1 saturated carbocycles. The summed E-state index contributed by atoms with van der Waals surface area (Å²) in [7, 11) is 0. The zero-order valence-corrected chi connectivity index (χ0v) is 12.0. The lowest BCUT2D eigenvalue weighted by Crippen LogP contribution is -2.37. The van der Waals surface area contributed by atoms with Gasteiger partial charge < -0.3 is 10.0 Å². The molecule has 1 aromatic carbocycles. The van der Waals surface area contributed by atoms with Gasteiger partial charge in [-0.15, -0.1) is 0 Å². The van der Waals surface area contributed by atoms with Crippen molar-refractivity contribution < 1.29 is 23.5 Å². The SMILES string of the molecule is O=C(Cc1cc(F)ccc1F)N1C[C@@H]2CCC[C@@]2(C(=O)O)C1. The van der Waals surface area contributed by atoms with Gasteiger partial charge in [-0.1, -0.05) is 6.42 Å². The van der Waals surface area contributed by atoms with Crippen LogP contribution in [0.4, 0.5) is 8.78 Å². The Morgan fingerprint density at radius 2 is 2.14 bits per heavy atom. The molecular weight excluding hydrogens is 292 g/mol. The zero-order valence-electron chi connectivity index (χ0n) is 12.0. The Kier molecular flexibility index (Phi) is 3.62. The minimum atomic E-state index is -0.859. The lowest BCUT2D eigenvalue weighted by atomic mass is 9.81. The van der Waals surface area contributed by atoms with E-state index in [4.69, 9.17) is 0 Å². The van der Waals surface area contributed by atoms with Crippen molar-refractivity contribution >= 4 is 11.9 Å². The molecule has 0 aromatic heterocycles. The minimum Gasteiger partial charge on any atom is -0.481 e. The highest BCUT2D eigenvalue weighted by atomic mass is 19.1. The van der Waals surface area contributed by atoms with Gasteiger partial charge in [-0.25, -0.2) is 8.78 Å². The van der Waals surface area contributed by atoms with E-state index >= 15 is 0 Å². The van der Waals surface area contributed by atoms with Crippen LogP contribution in [-0.2, 0) is 16.0 Å². The van der Waals surface area contributed by atoms with E-state index in [1.165, 1.54) is 4.90 Å². The fraction of sp³-hybridized carbons (Fsp3) is 0.500. The second-order valence-electron chi connectivity index (χ2n) is 6.24. The number of carboxylic acid groups (broad SMARTS) is 1. The van der Waals surface area contributed by atoms with Gasteiger partial charge in [-0.3, -0.25) is 9.59 Å². The van der Waals surface area contributed by atoms with E-state index in [1.54, 1.807) is 0 Å². The molecule has 0 unspecified atom stereocenters. The molecule has 1 heterocycles. The van der Waals surface area contributed by atoms with E-state index in [-0.39, 0.29) is 30.4 Å². The van der Waals surface area contributed by atoms with Gasteiger partial charge in [0.15, 0.2) is 0 Å². The summed E-state index contributed by atoms with van der Waals surface area (Å²) < 4.78 is 26.8. The third-order valence-corrected chi connectivity index (χ3v) is 5.00. The van der Waals surface area contributed by atoms with Crippen molar-refractivity contribution in [2.45, 2.75) is 25.7 Å². The number of likely N-dealkylation sites (tertiary alicyclic amines) is 1. The van der Waals surface area contributed by atoms with Crippen LogP contribution >= 0.6 is 0 Å². The predicted octanol–water partition coefficient (Wildman–Crippen LogP) is 2.22. The molecule has 0 radical (unpaired) electrons. The molecule has 1 aliphatic carbocycles. The van der Waals surface area contributed by atoms with Crippen molar-refractivity contribution in [3.05, 3.63) is 35.4 Å². The number of halogens is 2. The van der Waals surface area contributed by atoms with Gasteiger partial charge in [0, 0.05) is 18.7 Å². The van der Waals surface area contributed by atoms with Gasteiger partial charge >= 0.3 is 5.97 Å². The fourth-order valence-electron chi connectivity index (χ4n) is 3.78. The topological polar surface area (TPSA) is 57.6 Å². The van der Waals surface area contributed by atoms with E-state index in [9.17, 15) is 23.5 Å². The van der Waals surface area contributed by atoms with Gasteiger partial charge in [0.05, 0.1) is 11.8 Å². The molecule has 2 atom stereocenters. The Bertz CT molecular complexity index is 634. The van der Waals surface area contributed by atoms with Crippen LogP contribution < -0.4 is 0 Å². The highest BCUT2D eigenvalue weighted by Gasteiger charge is 2.55. The molecule has 3 rings (SSSR count). The number of benzene rings is 1. The molecule has 1 aromatic rings. The quantitative estimate of drug-likeness (QED) is 0.931. The van der Waals surface area contributed by atoms with Crippen LogP contribution in [0.2, 0.25) is 0 Å². The molecule has 4 nitrogen and oxygen atoms in total. The first-order chi connectivity index (χ1) is 10.4. The Labute approximate surface area is 126 Å². The summed E-state index contributed by atoms with van der Waals surface area (Å²) in [5, 5.41) is 9.50. The number of hydrogen-bond acceptors (Lipinski definition) is 2. The number of carbonyl (C=O) groups excluding carboxylic acids is 1. The van der Waals surface area contributed by atoms with Crippen LogP contribution in [0.5, 0.6) is 0 Å². The van der Waals surface area contributed by atoms with Crippen LogP contribution in [-0.4, -0.2) is 35.0 Å². The lowest BCUT2D eigenvalue weighted by Gasteiger charge is -2.23. The van der Waals surface area contributed by atoms with Gasteiger partial charge in [0.1, 0.15) is 11.6 Å². The maximum atomic E-state index is 13.6. The molecular formula is C16H17F2NO3. The summed E-state index contributed by atoms with van der Waals surface area (Å²) in [6.07, 6.45) is 1.99. The van der Waals surface area contributed by atoms with Crippen LogP contribution in [0.3, 0.4) is 0 Å². The second kappa shape index (κ2) is 5.34. The number of hydrogen-bond donors (Lipinski definition) is 1. The number of amides is 1. The van der Waals surface area contributed by atoms with Crippen molar-refractivity contribution in [1.82, 2.24) is 4.90 Å². The van der Waals surface area contributed by atoms with Gasteiger partial charge in [-0.2, -0.15) is 0 Å². The average Bonchev–Trinajstić information content (AvgIpc) is 3.00. The number of nitrogens with zero attached hydrogens (tertiary/aromatic N) is 1. The average molecular weight is 309 g/mol. The van der Waals surface area contributed by atoms with E-state index < -0.39 is 23.0 Å². The summed E-state index contributed by atoms with van der Waals surface area (Å²) in [4.78, 5) is 25.4. The van der Waals surface area contributed by atoms with Crippen molar-refractivity contribution in [3.63, 3.8) is 0 Å². The van der Waals surface area contributed by atoms with Gasteiger partial charge in [0.2, 0.25) is 5.91 Å². The van der Waals surface area contributed by atoms with E-state index in [1.807, 2.05) is 0 Å². The summed E-state index contributed by atoms with van der Waals surface area (Å²) in [6.45, 7) is 0.560. The number of carboxylic acids is 1. The smallest absolute Gasteiger partial charge is 0.311 e. The summed E-state index contributed by atoms with van der Waals surface area (Å²) in [6, 6.07) is 3.01. The largest absolute Gasteiger partial charge is 0.481 e. The van der Waals surface area contributed by atoms with Crippen LogP contribution in [0.25, 0.3) is 0 Å². The molecule has 22 heavy (non-hydrogen) atoms. The Hall–Kier alpha value is -1.98. The molecule has 1 N–H and O–H groups in total. The van der Waals surface area contributed by atoms with Crippen LogP contribution in [0.15, 0.2) is 18.2 Å². The Balaban J connectivity index is 1.75. The fourth-order valence-corrected chi connectivity index (χ4v) is 3.78. The first-order valence-corrected chi connectivity index (χ1v) is 7.37. The third kappa shape index (κ3) is 2.36. The lowest BCUT2D eigenvalue weighted by molar-refractivity contribution is -0.149. The first-order valence-electron chi connectivity index (χ1n) is 7.37. The number of aliphatic carboxylic acids is 1. The molecule has 118 valence electrons. The Morgan fingerprint density at radius 3 is 2.82 bits per heavy atom. The van der Waals surface area contributed by atoms with Crippen LogP contribution in [0, 0.1) is 23.0 Å². The zero-order chi connectivity index (χ0) is 15.9. The standard InChI is InChI=1S/C16H17F2NO3/c17-12-3-4-13(18)10(6-12)7-14(20)19-8-11-2-1-5-16(11,9-19)15(21)22/h3-4,6,11H,1-2,5,7-9H2,(H,21,22)/t11-,16+/m0/s1. The number of fused-ring (bicyclic) bond motifs is 1. The summed E-state index contributed by atoms with van der Waals surface area (Å²) in [5.74, 6) is -2.46. The summed E-state index contributed by atoms with van der Waals surface area (Å²) in [5.41, 5.74) is -0.845. The molecule has 2 fully saturated rings. The highest BCUT2D eigenvalue weighted by Crippen LogP contribution is 2.48. The van der Waals surface area contributed by atoms with E-state index in [2.05, 4.69) is 0 Å². The first kappa shape index (κ1) is 14.9. The molecule has 1 aliphatic heterocycles. The second-order valence-corrected chi connectivity index (χ2v) is 6.24. The molecule has 1 saturated heterocycles. The van der Waals surface area contributed by atoms with E-state index in [0.717, 1.165) is 31.0 Å². The number of carbonyl (C=O) groups is 2. The maximum absolute atomic E-state index is 13.6. The number of rotatable bonds is 3. The molecule has 2 aliphatic rings. The third-order valence-electron chi connectivity index (χ3n) is 5.00. The van der Waals surface area contributed by atoms with Gasteiger partial charge in [-0.05, 0) is 37.0 Å². The molecule has 0 spiro atoms. The van der Waals surface area contributed by atoms with Crippen molar-refractivity contribution in [1.29, 1.82) is 0 Å². The summed E-state index contributed by atoms with van der Waals surface area (Å²) >= 11 is 0. The monoisotopic (exact) mass is 309 g/mol. The van der Waals surface area contributed by atoms with Crippen LogP contribution in [0.1, 0.15) is 24.8 Å². The van der Waals surface area contributed by atoms with Crippen molar-refractivity contribution in [2.75, 3.05) is 13.1 Å².